The Morgan fingerprint density at radius 1 is 1.13 bits per heavy atom. The Balaban J connectivity index is 1.93. The maximum Gasteiger partial charge on any atom is 0.335 e. The first kappa shape index (κ1) is 13.7. The Labute approximate surface area is 131 Å². The van der Waals surface area contributed by atoms with Crippen LogP contribution in [0, 0.1) is 0 Å². The van der Waals surface area contributed by atoms with Crippen LogP contribution in [0.25, 0.3) is 22.5 Å². The second-order valence-electron chi connectivity index (χ2n) is 5.48. The molecule has 0 aliphatic carbocycles. The normalized spacial score (nSPS) is 14.5. The quantitative estimate of drug-likeness (QED) is 0.794. The van der Waals surface area contributed by atoms with Crippen molar-refractivity contribution in [2.75, 3.05) is 18.0 Å². The second-order valence-corrected chi connectivity index (χ2v) is 5.48. The van der Waals surface area contributed by atoms with Crippen LogP contribution in [-0.2, 0) is 0 Å². The molecule has 116 valence electrons. The van der Waals surface area contributed by atoms with Crippen molar-refractivity contribution in [2.45, 2.75) is 12.8 Å². The third-order valence-corrected chi connectivity index (χ3v) is 3.97. The molecule has 1 saturated heterocycles. The molecule has 2 aromatic heterocycles. The van der Waals surface area contributed by atoms with Gasteiger partial charge >= 0.3 is 5.97 Å². The summed E-state index contributed by atoms with van der Waals surface area (Å²) in [5.41, 5.74) is 2.03. The first-order chi connectivity index (χ1) is 11.2. The number of anilines is 1. The van der Waals surface area contributed by atoms with E-state index in [0.29, 0.717) is 28.3 Å². The summed E-state index contributed by atoms with van der Waals surface area (Å²) in [5, 5.41) is 12.9. The van der Waals surface area contributed by atoms with Crippen LogP contribution in [0.3, 0.4) is 0 Å². The topological polar surface area (TPSA) is 92.3 Å². The van der Waals surface area contributed by atoms with Crippen LogP contribution in [0.5, 0.6) is 0 Å². The van der Waals surface area contributed by atoms with E-state index in [4.69, 9.17) is 9.63 Å². The van der Waals surface area contributed by atoms with Crippen molar-refractivity contribution in [1.29, 1.82) is 0 Å². The Hall–Kier alpha value is -2.96. The maximum absolute atomic E-state index is 11.2. The molecule has 4 rings (SSSR count). The number of carboxylic acids is 1. The highest BCUT2D eigenvalue weighted by Gasteiger charge is 2.22. The van der Waals surface area contributed by atoms with Crippen molar-refractivity contribution in [1.82, 2.24) is 15.1 Å². The fraction of sp³-hybridized carbons (Fsp3) is 0.250. The van der Waals surface area contributed by atoms with Gasteiger partial charge in [0.2, 0.25) is 0 Å². The Morgan fingerprint density at radius 2 is 1.96 bits per heavy atom. The number of carbonyl (C=O) groups is 1. The highest BCUT2D eigenvalue weighted by atomic mass is 16.5. The minimum Gasteiger partial charge on any atom is -0.478 e. The number of hydrogen-bond acceptors (Lipinski definition) is 6. The van der Waals surface area contributed by atoms with Crippen molar-refractivity contribution in [3.8, 4) is 11.5 Å². The zero-order valence-electron chi connectivity index (χ0n) is 12.3. The number of aromatic carboxylic acids is 1. The molecule has 1 N–H and O–H groups in total. The first-order valence-corrected chi connectivity index (χ1v) is 7.43. The number of fused-ring (bicyclic) bond motifs is 1. The Kier molecular flexibility index (Phi) is 3.18. The number of hydrogen-bond donors (Lipinski definition) is 1. The first-order valence-electron chi connectivity index (χ1n) is 7.43. The summed E-state index contributed by atoms with van der Waals surface area (Å²) in [6.45, 7) is 1.81. The average Bonchev–Trinajstić information content (AvgIpc) is 3.26. The largest absolute Gasteiger partial charge is 0.478 e. The van der Waals surface area contributed by atoms with Gasteiger partial charge in [0.25, 0.3) is 0 Å². The minimum atomic E-state index is -0.976. The predicted octanol–water partition coefficient (Wildman–Crippen LogP) is 2.58. The molecule has 0 amide bonds. The molecule has 23 heavy (non-hydrogen) atoms. The lowest BCUT2D eigenvalue weighted by molar-refractivity contribution is 0.0697. The molecule has 0 unspecified atom stereocenters. The number of benzene rings is 1. The second kappa shape index (κ2) is 5.35. The summed E-state index contributed by atoms with van der Waals surface area (Å²) in [4.78, 5) is 22.6. The molecular weight excluding hydrogens is 296 g/mol. The molecule has 7 nitrogen and oxygen atoms in total. The van der Waals surface area contributed by atoms with Gasteiger partial charge in [-0.3, -0.25) is 0 Å². The van der Waals surface area contributed by atoms with E-state index in [1.807, 2.05) is 0 Å². The highest BCUT2D eigenvalue weighted by Crippen LogP contribution is 2.31. The molecule has 0 saturated carbocycles. The smallest absolute Gasteiger partial charge is 0.335 e. The number of nitrogens with zero attached hydrogens (tertiary/aromatic N) is 4. The maximum atomic E-state index is 11.2. The van der Waals surface area contributed by atoms with Gasteiger partial charge in [0.05, 0.1) is 22.8 Å². The van der Waals surface area contributed by atoms with E-state index in [9.17, 15) is 4.79 Å². The van der Waals surface area contributed by atoms with Gasteiger partial charge in [0.1, 0.15) is 0 Å². The molecular formula is C16H14N4O3. The van der Waals surface area contributed by atoms with Crippen molar-refractivity contribution in [3.05, 3.63) is 36.0 Å². The summed E-state index contributed by atoms with van der Waals surface area (Å²) < 4.78 is 5.26. The van der Waals surface area contributed by atoms with Crippen LogP contribution in [0.2, 0.25) is 0 Å². The van der Waals surface area contributed by atoms with Gasteiger partial charge in [-0.1, -0.05) is 5.16 Å². The fourth-order valence-electron chi connectivity index (χ4n) is 2.83. The number of aromatic nitrogens is 3. The fourth-order valence-corrected chi connectivity index (χ4v) is 2.83. The molecule has 3 heterocycles. The minimum absolute atomic E-state index is 0.201. The lowest BCUT2D eigenvalue weighted by atomic mass is 10.2. The summed E-state index contributed by atoms with van der Waals surface area (Å²) in [6.07, 6.45) is 3.78. The van der Waals surface area contributed by atoms with Crippen molar-refractivity contribution in [2.24, 2.45) is 0 Å². The van der Waals surface area contributed by atoms with Crippen molar-refractivity contribution in [3.63, 3.8) is 0 Å². The SMILES string of the molecule is O=C(O)c1ccc2nc(-c3ccno3)c(N3CCCC3)nc2c1. The molecule has 7 heteroatoms. The van der Waals surface area contributed by atoms with Gasteiger partial charge in [0.15, 0.2) is 17.3 Å². The standard InChI is InChI=1S/C16H14N4O3/c21-16(22)10-3-4-11-12(9-10)19-15(20-7-1-2-8-20)14(18-11)13-5-6-17-23-13/h3-6,9H,1-2,7-8H2,(H,21,22). The lowest BCUT2D eigenvalue weighted by Crippen LogP contribution is -2.20. The lowest BCUT2D eigenvalue weighted by Gasteiger charge is -2.19. The van der Waals surface area contributed by atoms with Crippen LogP contribution in [0.1, 0.15) is 23.2 Å². The van der Waals surface area contributed by atoms with Gasteiger partial charge < -0.3 is 14.5 Å². The van der Waals surface area contributed by atoms with Crippen molar-refractivity contribution >= 4 is 22.8 Å². The molecule has 0 radical (unpaired) electrons. The summed E-state index contributed by atoms with van der Waals surface area (Å²) in [7, 11) is 0. The molecule has 1 aliphatic heterocycles. The molecule has 3 aromatic rings. The summed E-state index contributed by atoms with van der Waals surface area (Å²) in [5.74, 6) is 0.300. The molecule has 1 aromatic carbocycles. The van der Waals surface area contributed by atoms with Crippen LogP contribution in [0.15, 0.2) is 35.0 Å². The zero-order chi connectivity index (χ0) is 15.8. The zero-order valence-corrected chi connectivity index (χ0v) is 12.3. The van der Waals surface area contributed by atoms with Gasteiger partial charge in [-0.25, -0.2) is 14.8 Å². The molecule has 0 spiro atoms. The van der Waals surface area contributed by atoms with E-state index < -0.39 is 5.97 Å². The average molecular weight is 310 g/mol. The summed E-state index contributed by atoms with van der Waals surface area (Å²) in [6, 6.07) is 6.49. The van der Waals surface area contributed by atoms with Gasteiger partial charge in [-0.05, 0) is 31.0 Å². The van der Waals surface area contributed by atoms with Crippen LogP contribution >= 0.6 is 0 Å². The summed E-state index contributed by atoms with van der Waals surface area (Å²) >= 11 is 0. The van der Waals surface area contributed by atoms with Gasteiger partial charge in [-0.15, -0.1) is 0 Å². The van der Waals surface area contributed by atoms with E-state index in [-0.39, 0.29) is 5.56 Å². The van der Waals surface area contributed by atoms with E-state index >= 15 is 0 Å². The van der Waals surface area contributed by atoms with Crippen LogP contribution in [0.4, 0.5) is 5.82 Å². The van der Waals surface area contributed by atoms with E-state index in [1.165, 1.54) is 6.07 Å². The third-order valence-electron chi connectivity index (χ3n) is 3.97. The highest BCUT2D eigenvalue weighted by molar-refractivity contribution is 5.93. The monoisotopic (exact) mass is 310 g/mol. The number of carboxylic acid groups (broad SMARTS) is 1. The molecule has 1 fully saturated rings. The van der Waals surface area contributed by atoms with Gasteiger partial charge in [-0.2, -0.15) is 0 Å². The van der Waals surface area contributed by atoms with Crippen molar-refractivity contribution < 1.29 is 14.4 Å². The van der Waals surface area contributed by atoms with E-state index in [1.54, 1.807) is 24.4 Å². The van der Waals surface area contributed by atoms with E-state index in [0.717, 1.165) is 25.9 Å². The van der Waals surface area contributed by atoms with E-state index in [2.05, 4.69) is 20.0 Å². The predicted molar refractivity (Wildman–Crippen MR) is 83.4 cm³/mol. The Morgan fingerprint density at radius 3 is 2.65 bits per heavy atom. The van der Waals surface area contributed by atoms with Gasteiger partial charge in [0, 0.05) is 19.2 Å². The molecule has 0 atom stereocenters. The molecule has 1 aliphatic rings. The molecule has 0 bridgehead atoms. The van der Waals surface area contributed by atoms with Crippen LogP contribution < -0.4 is 4.90 Å². The third kappa shape index (κ3) is 2.40. The number of rotatable bonds is 3. The van der Waals surface area contributed by atoms with Crippen LogP contribution in [-0.4, -0.2) is 39.3 Å². The Bertz CT molecular complexity index is 870.